The Morgan fingerprint density at radius 2 is 1.79 bits per heavy atom. The first kappa shape index (κ1) is 20.2. The van der Waals surface area contributed by atoms with Gasteiger partial charge in [-0.05, 0) is 18.9 Å². The highest BCUT2D eigenvalue weighted by molar-refractivity contribution is 7.92. The number of amides is 1. The Morgan fingerprint density at radius 3 is 2.33 bits per heavy atom. The number of aliphatic carboxylic acids is 1. The van der Waals surface area contributed by atoms with Crippen LogP contribution < -0.4 is 0 Å². The molecule has 1 amide bonds. The van der Waals surface area contributed by atoms with E-state index in [1.165, 1.54) is 6.92 Å². The standard InChI is InChI=1S/C17H25NO5S/c1-3-4-8-11-24(22,23)13-16(19)18(14(2)17(20)21)12-15-9-6-5-7-10-15/h5-7,9-10,14H,3-4,8,11-13H2,1-2H3,(H,20,21). The predicted octanol–water partition coefficient (Wildman–Crippen LogP) is 2.09. The molecule has 134 valence electrons. The smallest absolute Gasteiger partial charge is 0.326 e. The molecular formula is C17H25NO5S. The van der Waals surface area contributed by atoms with Gasteiger partial charge in [0.25, 0.3) is 0 Å². The second-order valence-corrected chi connectivity index (χ2v) is 8.00. The van der Waals surface area contributed by atoms with E-state index in [2.05, 4.69) is 0 Å². The second-order valence-electron chi connectivity index (χ2n) is 5.82. The molecule has 6 nitrogen and oxygen atoms in total. The Morgan fingerprint density at radius 1 is 1.17 bits per heavy atom. The maximum Gasteiger partial charge on any atom is 0.326 e. The minimum Gasteiger partial charge on any atom is -0.480 e. The third-order valence-corrected chi connectivity index (χ3v) is 5.34. The van der Waals surface area contributed by atoms with Gasteiger partial charge >= 0.3 is 5.97 Å². The summed E-state index contributed by atoms with van der Waals surface area (Å²) in [4.78, 5) is 24.8. The topological polar surface area (TPSA) is 91.8 Å². The second kappa shape index (κ2) is 9.42. The van der Waals surface area contributed by atoms with Gasteiger partial charge in [-0.3, -0.25) is 4.79 Å². The Kier molecular flexibility index (Phi) is 7.91. The maximum atomic E-state index is 12.4. The van der Waals surface area contributed by atoms with Gasteiger partial charge < -0.3 is 10.0 Å². The molecule has 1 N–H and O–H groups in total. The van der Waals surface area contributed by atoms with Crippen molar-refractivity contribution in [1.82, 2.24) is 4.90 Å². The van der Waals surface area contributed by atoms with Crippen molar-refractivity contribution in [1.29, 1.82) is 0 Å². The van der Waals surface area contributed by atoms with Gasteiger partial charge in [0.2, 0.25) is 5.91 Å². The zero-order valence-electron chi connectivity index (χ0n) is 14.1. The van der Waals surface area contributed by atoms with Crippen LogP contribution in [0.2, 0.25) is 0 Å². The number of benzene rings is 1. The first-order chi connectivity index (χ1) is 11.3. The number of nitrogens with zero attached hydrogens (tertiary/aromatic N) is 1. The molecule has 1 aromatic carbocycles. The van der Waals surface area contributed by atoms with Crippen LogP contribution in [0.1, 0.15) is 38.7 Å². The maximum absolute atomic E-state index is 12.4. The molecule has 0 aliphatic carbocycles. The van der Waals surface area contributed by atoms with Crippen LogP contribution in [0.15, 0.2) is 30.3 Å². The number of carbonyl (C=O) groups is 2. The minimum absolute atomic E-state index is 0.0484. The number of carbonyl (C=O) groups excluding carboxylic acids is 1. The molecule has 0 saturated carbocycles. The van der Waals surface area contributed by atoms with Gasteiger partial charge in [-0.2, -0.15) is 0 Å². The average molecular weight is 355 g/mol. The fourth-order valence-corrected chi connectivity index (χ4v) is 3.60. The average Bonchev–Trinajstić information content (AvgIpc) is 2.52. The molecule has 0 aliphatic rings. The summed E-state index contributed by atoms with van der Waals surface area (Å²) in [5.74, 6) is -2.54. The zero-order valence-corrected chi connectivity index (χ0v) is 15.0. The highest BCUT2D eigenvalue weighted by Gasteiger charge is 2.28. The Bertz CT molecular complexity index is 642. The van der Waals surface area contributed by atoms with E-state index in [0.29, 0.717) is 6.42 Å². The summed E-state index contributed by atoms with van der Waals surface area (Å²) < 4.78 is 24.1. The summed E-state index contributed by atoms with van der Waals surface area (Å²) in [6, 6.07) is 7.82. The van der Waals surface area contributed by atoms with Gasteiger partial charge in [-0.15, -0.1) is 0 Å². The van der Waals surface area contributed by atoms with Crippen molar-refractivity contribution in [2.45, 2.75) is 45.7 Å². The van der Waals surface area contributed by atoms with Crippen molar-refractivity contribution in [3.8, 4) is 0 Å². The Labute approximate surface area is 143 Å². The van der Waals surface area contributed by atoms with Gasteiger partial charge in [-0.25, -0.2) is 13.2 Å². The third kappa shape index (κ3) is 6.70. The molecule has 0 radical (unpaired) electrons. The van der Waals surface area contributed by atoms with Crippen LogP contribution >= 0.6 is 0 Å². The van der Waals surface area contributed by atoms with E-state index < -0.39 is 33.5 Å². The molecule has 1 atom stereocenters. The van der Waals surface area contributed by atoms with Gasteiger partial charge in [0, 0.05) is 6.54 Å². The molecule has 0 bridgehead atoms. The lowest BCUT2D eigenvalue weighted by Crippen LogP contribution is -2.45. The summed E-state index contributed by atoms with van der Waals surface area (Å²) in [6.45, 7) is 3.42. The van der Waals surface area contributed by atoms with Crippen LogP contribution in [0.3, 0.4) is 0 Å². The molecule has 0 aliphatic heterocycles. The molecule has 1 unspecified atom stereocenters. The Balaban J connectivity index is 2.86. The number of hydrogen-bond donors (Lipinski definition) is 1. The van der Waals surface area contributed by atoms with Crippen LogP contribution in [-0.2, 0) is 26.0 Å². The van der Waals surface area contributed by atoms with Gasteiger partial charge in [0.1, 0.15) is 11.8 Å². The summed E-state index contributed by atoms with van der Waals surface area (Å²) in [7, 11) is -3.53. The lowest BCUT2D eigenvalue weighted by molar-refractivity contribution is -0.149. The summed E-state index contributed by atoms with van der Waals surface area (Å²) in [5, 5.41) is 9.21. The quantitative estimate of drug-likeness (QED) is 0.649. The van der Waals surface area contributed by atoms with Crippen molar-refractivity contribution in [2.24, 2.45) is 0 Å². The van der Waals surface area contributed by atoms with E-state index in [0.717, 1.165) is 23.3 Å². The lowest BCUT2D eigenvalue weighted by Gasteiger charge is -2.26. The van der Waals surface area contributed by atoms with Gasteiger partial charge in [0.15, 0.2) is 9.84 Å². The molecule has 0 aromatic heterocycles. The monoisotopic (exact) mass is 355 g/mol. The lowest BCUT2D eigenvalue weighted by atomic mass is 10.2. The SMILES string of the molecule is CCCCCS(=O)(=O)CC(=O)N(Cc1ccccc1)C(C)C(=O)O. The van der Waals surface area contributed by atoms with E-state index in [1.54, 1.807) is 24.3 Å². The molecule has 0 heterocycles. The highest BCUT2D eigenvalue weighted by Crippen LogP contribution is 2.11. The number of carboxylic acid groups (broad SMARTS) is 1. The highest BCUT2D eigenvalue weighted by atomic mass is 32.2. The summed E-state index contributed by atoms with van der Waals surface area (Å²) in [5.41, 5.74) is 0.752. The molecule has 1 aromatic rings. The van der Waals surface area contributed by atoms with E-state index in [-0.39, 0.29) is 12.3 Å². The fraction of sp³-hybridized carbons (Fsp3) is 0.529. The van der Waals surface area contributed by atoms with Crippen LogP contribution in [0.4, 0.5) is 0 Å². The van der Waals surface area contributed by atoms with E-state index >= 15 is 0 Å². The fourth-order valence-electron chi connectivity index (χ4n) is 2.27. The minimum atomic E-state index is -3.53. The van der Waals surface area contributed by atoms with Crippen molar-refractivity contribution in [3.05, 3.63) is 35.9 Å². The van der Waals surface area contributed by atoms with Gasteiger partial charge in [-0.1, -0.05) is 50.1 Å². The molecule has 0 fully saturated rings. The Hall–Kier alpha value is -1.89. The van der Waals surface area contributed by atoms with Crippen LogP contribution in [0, 0.1) is 0 Å². The molecule has 24 heavy (non-hydrogen) atoms. The number of hydrogen-bond acceptors (Lipinski definition) is 4. The summed E-state index contributed by atoms with van der Waals surface area (Å²) in [6.07, 6.45) is 2.19. The van der Waals surface area contributed by atoms with Crippen molar-refractivity contribution in [2.75, 3.05) is 11.5 Å². The number of rotatable bonds is 10. The summed E-state index contributed by atoms with van der Waals surface area (Å²) >= 11 is 0. The van der Waals surface area contributed by atoms with E-state index in [4.69, 9.17) is 0 Å². The molecule has 7 heteroatoms. The van der Waals surface area contributed by atoms with E-state index in [1.807, 2.05) is 13.0 Å². The van der Waals surface area contributed by atoms with Crippen molar-refractivity contribution in [3.63, 3.8) is 0 Å². The molecule has 1 rings (SSSR count). The number of sulfone groups is 1. The normalized spacial score (nSPS) is 12.6. The van der Waals surface area contributed by atoms with Crippen LogP contribution in [-0.4, -0.2) is 47.8 Å². The largest absolute Gasteiger partial charge is 0.480 e. The first-order valence-corrected chi connectivity index (χ1v) is 9.85. The third-order valence-electron chi connectivity index (χ3n) is 3.74. The molecule has 0 saturated heterocycles. The van der Waals surface area contributed by atoms with Crippen molar-refractivity contribution >= 4 is 21.7 Å². The van der Waals surface area contributed by atoms with Crippen LogP contribution in [0.5, 0.6) is 0 Å². The number of carboxylic acids is 1. The molecular weight excluding hydrogens is 330 g/mol. The van der Waals surface area contributed by atoms with Crippen molar-refractivity contribution < 1.29 is 23.1 Å². The van der Waals surface area contributed by atoms with E-state index in [9.17, 15) is 23.1 Å². The van der Waals surface area contributed by atoms with Crippen LogP contribution in [0.25, 0.3) is 0 Å². The van der Waals surface area contributed by atoms with Gasteiger partial charge in [0.05, 0.1) is 5.75 Å². The molecule has 0 spiro atoms. The zero-order chi connectivity index (χ0) is 18.2. The predicted molar refractivity (Wildman–Crippen MR) is 92.3 cm³/mol. The number of unbranched alkanes of at least 4 members (excludes halogenated alkanes) is 2. The first-order valence-electron chi connectivity index (χ1n) is 8.03.